The van der Waals surface area contributed by atoms with E-state index in [0.29, 0.717) is 50.6 Å². The molecule has 0 saturated carbocycles. The van der Waals surface area contributed by atoms with Crippen molar-refractivity contribution in [1.82, 2.24) is 4.31 Å². The molecule has 0 bridgehead atoms. The van der Waals surface area contributed by atoms with Crippen LogP contribution in [0.3, 0.4) is 0 Å². The number of rotatable bonds is 5. The lowest BCUT2D eigenvalue weighted by molar-refractivity contribution is 0.0526. The Morgan fingerprint density at radius 2 is 1.81 bits per heavy atom. The second-order valence-electron chi connectivity index (χ2n) is 6.46. The average Bonchev–Trinajstić information content (AvgIpc) is 2.69. The molecule has 144 valence electrons. The van der Waals surface area contributed by atoms with Crippen LogP contribution >= 0.6 is 0 Å². The molecular formula is C18H26N2O5S. The van der Waals surface area contributed by atoms with Crippen molar-refractivity contribution in [3.63, 3.8) is 0 Å². The standard InChI is InChI=1S/C18H26N2O5S/c1-2-25-18(21)16-14-15(26(22,23)20-8-4-3-5-9-20)6-7-17(16)19-10-12-24-13-11-19/h6-7,14H,2-5,8-13H2,1H3. The Morgan fingerprint density at radius 3 is 2.46 bits per heavy atom. The van der Waals surface area contributed by atoms with E-state index in [1.54, 1.807) is 19.1 Å². The Labute approximate surface area is 154 Å². The Bertz CT molecular complexity index is 738. The van der Waals surface area contributed by atoms with Crippen molar-refractivity contribution in [3.8, 4) is 0 Å². The first-order chi connectivity index (χ1) is 12.5. The van der Waals surface area contributed by atoms with Gasteiger partial charge >= 0.3 is 5.97 Å². The SMILES string of the molecule is CCOC(=O)c1cc(S(=O)(=O)N2CCCCC2)ccc1N1CCOCC1. The third kappa shape index (κ3) is 4.02. The van der Waals surface area contributed by atoms with Crippen LogP contribution in [0.2, 0.25) is 0 Å². The van der Waals surface area contributed by atoms with Crippen molar-refractivity contribution in [1.29, 1.82) is 0 Å². The topological polar surface area (TPSA) is 76.2 Å². The smallest absolute Gasteiger partial charge is 0.340 e. The first-order valence-electron chi connectivity index (χ1n) is 9.18. The van der Waals surface area contributed by atoms with Crippen LogP contribution in [0.1, 0.15) is 36.5 Å². The number of piperidine rings is 1. The normalized spacial score (nSPS) is 19.3. The Morgan fingerprint density at radius 1 is 1.12 bits per heavy atom. The van der Waals surface area contributed by atoms with E-state index in [0.717, 1.165) is 19.3 Å². The lowest BCUT2D eigenvalue weighted by atomic mass is 10.1. The first kappa shape index (κ1) is 19.1. The summed E-state index contributed by atoms with van der Waals surface area (Å²) in [5, 5.41) is 0. The van der Waals surface area contributed by atoms with Gasteiger partial charge in [-0.3, -0.25) is 0 Å². The van der Waals surface area contributed by atoms with Crippen LogP contribution in [0.25, 0.3) is 0 Å². The maximum Gasteiger partial charge on any atom is 0.340 e. The fraction of sp³-hybridized carbons (Fsp3) is 0.611. The van der Waals surface area contributed by atoms with E-state index in [2.05, 4.69) is 0 Å². The molecule has 2 aliphatic rings. The summed E-state index contributed by atoms with van der Waals surface area (Å²) in [4.78, 5) is 14.7. The molecular weight excluding hydrogens is 356 g/mol. The predicted molar refractivity (Wildman–Crippen MR) is 98.0 cm³/mol. The van der Waals surface area contributed by atoms with Crippen molar-refractivity contribution < 1.29 is 22.7 Å². The van der Waals surface area contributed by atoms with Crippen LogP contribution in [0, 0.1) is 0 Å². The molecule has 8 heteroatoms. The minimum Gasteiger partial charge on any atom is -0.462 e. The number of esters is 1. The van der Waals surface area contributed by atoms with Crippen LogP contribution < -0.4 is 4.90 Å². The number of hydrogen-bond acceptors (Lipinski definition) is 6. The fourth-order valence-corrected chi connectivity index (χ4v) is 4.93. The van der Waals surface area contributed by atoms with Gasteiger partial charge in [-0.1, -0.05) is 6.42 Å². The maximum atomic E-state index is 12.9. The minimum absolute atomic E-state index is 0.152. The van der Waals surface area contributed by atoms with Crippen LogP contribution in [0.5, 0.6) is 0 Å². The molecule has 2 heterocycles. The van der Waals surface area contributed by atoms with Crippen molar-refractivity contribution in [2.24, 2.45) is 0 Å². The minimum atomic E-state index is -3.60. The zero-order valence-corrected chi connectivity index (χ0v) is 16.0. The Balaban J connectivity index is 1.97. The van der Waals surface area contributed by atoms with Gasteiger partial charge in [-0.05, 0) is 38.0 Å². The summed E-state index contributed by atoms with van der Waals surface area (Å²) in [6.45, 7) is 5.51. The number of morpholine rings is 1. The highest BCUT2D eigenvalue weighted by Crippen LogP contribution is 2.28. The van der Waals surface area contributed by atoms with Gasteiger partial charge in [0.05, 0.1) is 36.0 Å². The molecule has 3 rings (SSSR count). The number of nitrogens with zero attached hydrogens (tertiary/aromatic N) is 2. The third-order valence-electron chi connectivity index (χ3n) is 4.77. The largest absolute Gasteiger partial charge is 0.462 e. The predicted octanol–water partition coefficient (Wildman–Crippen LogP) is 1.87. The van der Waals surface area contributed by atoms with E-state index in [1.165, 1.54) is 10.4 Å². The summed E-state index contributed by atoms with van der Waals surface area (Å²) < 4.78 is 37.9. The number of anilines is 1. The van der Waals surface area contributed by atoms with Gasteiger partial charge in [-0.2, -0.15) is 4.31 Å². The second kappa shape index (κ2) is 8.37. The van der Waals surface area contributed by atoms with Crippen molar-refractivity contribution in [2.75, 3.05) is 50.9 Å². The zero-order chi connectivity index (χ0) is 18.6. The molecule has 1 aromatic carbocycles. The summed E-state index contributed by atoms with van der Waals surface area (Å²) in [7, 11) is -3.60. The quantitative estimate of drug-likeness (QED) is 0.724. The molecule has 0 aromatic heterocycles. The van der Waals surface area contributed by atoms with Gasteiger partial charge in [0.1, 0.15) is 0 Å². The lowest BCUT2D eigenvalue weighted by Gasteiger charge is -2.31. The van der Waals surface area contributed by atoms with E-state index >= 15 is 0 Å². The molecule has 1 aromatic rings. The molecule has 0 spiro atoms. The molecule has 0 radical (unpaired) electrons. The monoisotopic (exact) mass is 382 g/mol. The van der Waals surface area contributed by atoms with Gasteiger partial charge in [-0.25, -0.2) is 13.2 Å². The maximum absolute atomic E-state index is 12.9. The Hall–Kier alpha value is -1.64. The highest BCUT2D eigenvalue weighted by atomic mass is 32.2. The van der Waals surface area contributed by atoms with Crippen molar-refractivity contribution in [2.45, 2.75) is 31.1 Å². The van der Waals surface area contributed by atoms with E-state index in [1.807, 2.05) is 4.90 Å². The Kier molecular flexibility index (Phi) is 6.16. The number of carbonyl (C=O) groups is 1. The van der Waals surface area contributed by atoms with Crippen LogP contribution in [0.15, 0.2) is 23.1 Å². The lowest BCUT2D eigenvalue weighted by Crippen LogP contribution is -2.38. The second-order valence-corrected chi connectivity index (χ2v) is 8.40. The van der Waals surface area contributed by atoms with Crippen LogP contribution in [-0.4, -0.2) is 64.7 Å². The van der Waals surface area contributed by atoms with Gasteiger partial charge < -0.3 is 14.4 Å². The number of ether oxygens (including phenoxy) is 2. The molecule has 2 aliphatic heterocycles. The van der Waals surface area contributed by atoms with Gasteiger partial charge in [0.15, 0.2) is 0 Å². The van der Waals surface area contributed by atoms with Crippen LogP contribution in [0.4, 0.5) is 5.69 Å². The van der Waals surface area contributed by atoms with Crippen LogP contribution in [-0.2, 0) is 19.5 Å². The molecule has 26 heavy (non-hydrogen) atoms. The molecule has 7 nitrogen and oxygen atoms in total. The van der Waals surface area contributed by atoms with E-state index in [9.17, 15) is 13.2 Å². The number of sulfonamides is 1. The number of benzene rings is 1. The summed E-state index contributed by atoms with van der Waals surface area (Å²) in [5.74, 6) is -0.496. The fourth-order valence-electron chi connectivity index (χ4n) is 3.38. The van der Waals surface area contributed by atoms with E-state index < -0.39 is 16.0 Å². The molecule has 0 amide bonds. The summed E-state index contributed by atoms with van der Waals surface area (Å²) in [6.07, 6.45) is 2.79. The zero-order valence-electron chi connectivity index (χ0n) is 15.1. The van der Waals surface area contributed by atoms with E-state index in [-0.39, 0.29) is 11.5 Å². The third-order valence-corrected chi connectivity index (χ3v) is 6.66. The number of hydrogen-bond donors (Lipinski definition) is 0. The molecule has 0 N–H and O–H groups in total. The number of carbonyl (C=O) groups excluding carboxylic acids is 1. The molecule has 2 fully saturated rings. The van der Waals surface area contributed by atoms with Gasteiger partial charge in [0.2, 0.25) is 10.0 Å². The molecule has 2 saturated heterocycles. The van der Waals surface area contributed by atoms with Gasteiger partial charge in [-0.15, -0.1) is 0 Å². The highest BCUT2D eigenvalue weighted by molar-refractivity contribution is 7.89. The first-order valence-corrected chi connectivity index (χ1v) is 10.6. The summed E-state index contributed by atoms with van der Waals surface area (Å²) in [5.41, 5.74) is 0.996. The van der Waals surface area contributed by atoms with Crippen molar-refractivity contribution >= 4 is 21.7 Å². The molecule has 0 unspecified atom stereocenters. The highest BCUT2D eigenvalue weighted by Gasteiger charge is 2.28. The summed E-state index contributed by atoms with van der Waals surface area (Å²) in [6, 6.07) is 4.78. The van der Waals surface area contributed by atoms with E-state index in [4.69, 9.17) is 9.47 Å². The molecule has 0 aliphatic carbocycles. The molecule has 0 atom stereocenters. The van der Waals surface area contributed by atoms with Gasteiger partial charge in [0, 0.05) is 26.2 Å². The average molecular weight is 382 g/mol. The van der Waals surface area contributed by atoms with Gasteiger partial charge in [0.25, 0.3) is 0 Å². The van der Waals surface area contributed by atoms with Crippen molar-refractivity contribution in [3.05, 3.63) is 23.8 Å². The summed E-state index contributed by atoms with van der Waals surface area (Å²) >= 11 is 0.